The number of hydrogen-bond donors (Lipinski definition) is 1. The Morgan fingerprint density at radius 2 is 1.28 bits per heavy atom. The van der Waals surface area contributed by atoms with Crippen molar-refractivity contribution in [1.29, 1.82) is 0 Å². The Morgan fingerprint density at radius 1 is 0.667 bits per heavy atom. The Balaban J connectivity index is 0.000000149. The SMILES string of the molecule is Fc1ccc2ccccc2c1.Oc1ccccc1. The first kappa shape index (κ1) is 12.1. The number of phenolic OH excluding ortho intramolecular Hbond substituents is 1. The third-order valence-corrected chi connectivity index (χ3v) is 2.47. The molecule has 3 aromatic carbocycles. The first-order valence-electron chi connectivity index (χ1n) is 5.64. The number of phenols is 1. The highest BCUT2D eigenvalue weighted by molar-refractivity contribution is 5.82. The van der Waals surface area contributed by atoms with E-state index in [9.17, 15) is 4.39 Å². The van der Waals surface area contributed by atoms with E-state index in [1.165, 1.54) is 12.1 Å². The Kier molecular flexibility index (Phi) is 3.92. The fourth-order valence-electron chi connectivity index (χ4n) is 1.59. The van der Waals surface area contributed by atoms with Crippen LogP contribution in [0.4, 0.5) is 4.39 Å². The summed E-state index contributed by atoms with van der Waals surface area (Å²) in [6.07, 6.45) is 0. The minimum Gasteiger partial charge on any atom is -0.508 e. The van der Waals surface area contributed by atoms with Gasteiger partial charge in [0.25, 0.3) is 0 Å². The van der Waals surface area contributed by atoms with Crippen LogP contribution in [0.1, 0.15) is 0 Å². The second-order valence-corrected chi connectivity index (χ2v) is 3.83. The quantitative estimate of drug-likeness (QED) is 0.618. The number of aromatic hydroxyl groups is 1. The summed E-state index contributed by atoms with van der Waals surface area (Å²) in [7, 11) is 0. The second-order valence-electron chi connectivity index (χ2n) is 3.83. The van der Waals surface area contributed by atoms with Gasteiger partial charge in [0.05, 0.1) is 0 Å². The lowest BCUT2D eigenvalue weighted by molar-refractivity contribution is 0.475. The summed E-state index contributed by atoms with van der Waals surface area (Å²) in [5.74, 6) is 0.145. The van der Waals surface area contributed by atoms with Gasteiger partial charge in [-0.2, -0.15) is 0 Å². The van der Waals surface area contributed by atoms with Gasteiger partial charge in [0.15, 0.2) is 0 Å². The Labute approximate surface area is 105 Å². The summed E-state index contributed by atoms with van der Waals surface area (Å²) in [4.78, 5) is 0. The highest BCUT2D eigenvalue weighted by Crippen LogP contribution is 2.13. The Morgan fingerprint density at radius 3 is 1.89 bits per heavy atom. The van der Waals surface area contributed by atoms with Crippen LogP contribution in [0.15, 0.2) is 72.8 Å². The van der Waals surface area contributed by atoms with E-state index < -0.39 is 0 Å². The van der Waals surface area contributed by atoms with Crippen LogP contribution in [-0.2, 0) is 0 Å². The molecule has 90 valence electrons. The van der Waals surface area contributed by atoms with Gasteiger partial charge in [0, 0.05) is 0 Å². The summed E-state index contributed by atoms with van der Waals surface area (Å²) < 4.78 is 12.6. The molecule has 0 spiro atoms. The monoisotopic (exact) mass is 240 g/mol. The summed E-state index contributed by atoms with van der Waals surface area (Å²) in [5, 5.41) is 10.7. The maximum atomic E-state index is 12.6. The zero-order chi connectivity index (χ0) is 12.8. The van der Waals surface area contributed by atoms with Crippen molar-refractivity contribution in [2.24, 2.45) is 0 Å². The van der Waals surface area contributed by atoms with Crippen LogP contribution in [-0.4, -0.2) is 5.11 Å². The first-order chi connectivity index (χ1) is 8.75. The number of benzene rings is 3. The molecule has 0 fully saturated rings. The number of hydrogen-bond acceptors (Lipinski definition) is 1. The molecule has 0 aliphatic heterocycles. The standard InChI is InChI=1S/C10H7F.C6H6O/c11-10-6-5-8-3-1-2-4-9(8)7-10;7-6-4-2-1-3-5-6/h1-7H;1-5,7H. The predicted octanol–water partition coefficient (Wildman–Crippen LogP) is 4.37. The third kappa shape index (κ3) is 3.32. The van der Waals surface area contributed by atoms with Crippen molar-refractivity contribution in [1.82, 2.24) is 0 Å². The van der Waals surface area contributed by atoms with Crippen LogP contribution in [0, 0.1) is 5.82 Å². The molecule has 0 radical (unpaired) electrons. The average molecular weight is 240 g/mol. The van der Waals surface area contributed by atoms with Crippen LogP contribution in [0.3, 0.4) is 0 Å². The third-order valence-electron chi connectivity index (χ3n) is 2.47. The topological polar surface area (TPSA) is 20.2 Å². The molecular weight excluding hydrogens is 227 g/mol. The molecule has 0 atom stereocenters. The van der Waals surface area contributed by atoms with Gasteiger partial charge >= 0.3 is 0 Å². The minimum absolute atomic E-state index is 0.177. The maximum Gasteiger partial charge on any atom is 0.123 e. The molecule has 2 heteroatoms. The van der Waals surface area contributed by atoms with Gasteiger partial charge in [-0.15, -0.1) is 0 Å². The fraction of sp³-hybridized carbons (Fsp3) is 0. The second kappa shape index (κ2) is 5.82. The molecule has 0 heterocycles. The van der Waals surface area contributed by atoms with E-state index in [1.54, 1.807) is 30.3 Å². The smallest absolute Gasteiger partial charge is 0.123 e. The van der Waals surface area contributed by atoms with Gasteiger partial charge in [-0.1, -0.05) is 48.5 Å². The first-order valence-corrected chi connectivity index (χ1v) is 5.64. The van der Waals surface area contributed by atoms with Gasteiger partial charge in [0.2, 0.25) is 0 Å². The zero-order valence-electron chi connectivity index (χ0n) is 9.75. The van der Waals surface area contributed by atoms with Crippen LogP contribution < -0.4 is 0 Å². The maximum absolute atomic E-state index is 12.6. The zero-order valence-corrected chi connectivity index (χ0v) is 9.75. The molecule has 0 amide bonds. The molecular formula is C16H13FO. The lowest BCUT2D eigenvalue weighted by atomic mass is 10.1. The van der Waals surface area contributed by atoms with Crippen molar-refractivity contribution < 1.29 is 9.50 Å². The normalized spacial score (nSPS) is 9.61. The number of para-hydroxylation sites is 1. The van der Waals surface area contributed by atoms with Gasteiger partial charge in [-0.05, 0) is 35.0 Å². The highest BCUT2D eigenvalue weighted by atomic mass is 19.1. The molecule has 18 heavy (non-hydrogen) atoms. The molecule has 3 rings (SSSR count). The molecule has 1 nitrogen and oxygen atoms in total. The molecule has 3 aromatic rings. The van der Waals surface area contributed by atoms with Gasteiger partial charge in [-0.3, -0.25) is 0 Å². The van der Waals surface area contributed by atoms with Crippen LogP contribution >= 0.6 is 0 Å². The predicted molar refractivity (Wildman–Crippen MR) is 72.0 cm³/mol. The Hall–Kier alpha value is -2.35. The van der Waals surface area contributed by atoms with Crippen molar-refractivity contribution in [3.05, 3.63) is 78.6 Å². The molecule has 0 saturated heterocycles. The molecule has 0 saturated carbocycles. The number of fused-ring (bicyclic) bond motifs is 1. The van der Waals surface area contributed by atoms with E-state index in [1.807, 2.05) is 30.3 Å². The molecule has 0 aromatic heterocycles. The number of halogens is 1. The van der Waals surface area contributed by atoms with E-state index in [4.69, 9.17) is 5.11 Å². The number of rotatable bonds is 0. The van der Waals surface area contributed by atoms with Gasteiger partial charge < -0.3 is 5.11 Å². The largest absolute Gasteiger partial charge is 0.508 e. The lowest BCUT2D eigenvalue weighted by Crippen LogP contribution is -1.73. The summed E-state index contributed by atoms with van der Waals surface area (Å²) in [5.41, 5.74) is 0. The molecule has 0 aliphatic rings. The van der Waals surface area contributed by atoms with E-state index in [0.29, 0.717) is 5.75 Å². The van der Waals surface area contributed by atoms with Crippen molar-refractivity contribution in [3.8, 4) is 5.75 Å². The van der Waals surface area contributed by atoms with Crippen LogP contribution in [0.2, 0.25) is 0 Å². The lowest BCUT2D eigenvalue weighted by Gasteiger charge is -1.94. The summed E-state index contributed by atoms with van der Waals surface area (Å²) >= 11 is 0. The molecule has 1 N–H and O–H groups in total. The molecule has 0 bridgehead atoms. The van der Waals surface area contributed by atoms with E-state index >= 15 is 0 Å². The highest BCUT2D eigenvalue weighted by Gasteiger charge is 1.92. The van der Waals surface area contributed by atoms with Crippen LogP contribution in [0.25, 0.3) is 10.8 Å². The molecule has 0 aliphatic carbocycles. The van der Waals surface area contributed by atoms with E-state index in [-0.39, 0.29) is 5.82 Å². The van der Waals surface area contributed by atoms with E-state index in [0.717, 1.165) is 10.8 Å². The van der Waals surface area contributed by atoms with Crippen molar-refractivity contribution in [3.63, 3.8) is 0 Å². The summed E-state index contributed by atoms with van der Waals surface area (Å²) in [6, 6.07) is 21.2. The summed E-state index contributed by atoms with van der Waals surface area (Å²) in [6.45, 7) is 0. The van der Waals surface area contributed by atoms with Gasteiger partial charge in [-0.25, -0.2) is 4.39 Å². The minimum atomic E-state index is -0.177. The van der Waals surface area contributed by atoms with Gasteiger partial charge in [0.1, 0.15) is 11.6 Å². The van der Waals surface area contributed by atoms with Crippen LogP contribution in [0.5, 0.6) is 5.75 Å². The molecule has 0 unspecified atom stereocenters. The van der Waals surface area contributed by atoms with Crippen molar-refractivity contribution >= 4 is 10.8 Å². The average Bonchev–Trinajstić information content (AvgIpc) is 2.40. The van der Waals surface area contributed by atoms with Crippen molar-refractivity contribution in [2.75, 3.05) is 0 Å². The van der Waals surface area contributed by atoms with E-state index in [2.05, 4.69) is 0 Å². The fourth-order valence-corrected chi connectivity index (χ4v) is 1.59. The Bertz CT molecular complexity index is 620. The van der Waals surface area contributed by atoms with Crippen molar-refractivity contribution in [2.45, 2.75) is 0 Å².